The SMILES string of the molecule is CC(c1ccccc1)N1CCC(NC(=O)C(=O)Nc2cc(Cl)ccc2F)C1. The van der Waals surface area contributed by atoms with Gasteiger partial charge in [0.1, 0.15) is 5.82 Å². The van der Waals surface area contributed by atoms with E-state index >= 15 is 0 Å². The monoisotopic (exact) mass is 389 g/mol. The van der Waals surface area contributed by atoms with Crippen molar-refractivity contribution >= 4 is 29.1 Å². The number of nitrogens with one attached hydrogen (secondary N) is 2. The second kappa shape index (κ2) is 8.50. The molecule has 0 bridgehead atoms. The number of benzene rings is 2. The number of nitrogens with zero attached hydrogens (tertiary/aromatic N) is 1. The second-order valence-corrected chi connectivity index (χ2v) is 7.06. The highest BCUT2D eigenvalue weighted by atomic mass is 35.5. The Morgan fingerprint density at radius 1 is 1.19 bits per heavy atom. The molecule has 2 unspecified atom stereocenters. The standard InChI is InChI=1S/C20H21ClFN3O2/c1-13(14-5-3-2-4-6-14)25-10-9-16(12-25)23-19(26)20(27)24-18-11-15(21)7-8-17(18)22/h2-8,11,13,16H,9-10,12H2,1H3,(H,23,26)(H,24,27). The maximum atomic E-state index is 13.7. The molecule has 142 valence electrons. The van der Waals surface area contributed by atoms with Crippen molar-refractivity contribution in [2.45, 2.75) is 25.4 Å². The largest absolute Gasteiger partial charge is 0.344 e. The second-order valence-electron chi connectivity index (χ2n) is 6.62. The Kier molecular flexibility index (Phi) is 6.08. The molecule has 2 aromatic carbocycles. The van der Waals surface area contributed by atoms with Crippen LogP contribution >= 0.6 is 11.6 Å². The Morgan fingerprint density at radius 2 is 1.93 bits per heavy atom. The van der Waals surface area contributed by atoms with Crippen molar-refractivity contribution in [3.63, 3.8) is 0 Å². The fraction of sp³-hybridized carbons (Fsp3) is 0.300. The van der Waals surface area contributed by atoms with Crippen molar-refractivity contribution in [3.05, 3.63) is 64.9 Å². The highest BCUT2D eigenvalue weighted by Gasteiger charge is 2.29. The minimum absolute atomic E-state index is 0.117. The van der Waals surface area contributed by atoms with Gasteiger partial charge >= 0.3 is 11.8 Å². The Balaban J connectivity index is 1.54. The number of carbonyl (C=O) groups is 2. The molecule has 27 heavy (non-hydrogen) atoms. The predicted octanol–water partition coefficient (Wildman–Crippen LogP) is 3.37. The smallest absolute Gasteiger partial charge is 0.313 e. The third kappa shape index (κ3) is 4.84. The zero-order chi connectivity index (χ0) is 19.4. The lowest BCUT2D eigenvalue weighted by molar-refractivity contribution is -0.136. The topological polar surface area (TPSA) is 61.4 Å². The number of rotatable bonds is 4. The van der Waals surface area contributed by atoms with E-state index in [9.17, 15) is 14.0 Å². The zero-order valence-electron chi connectivity index (χ0n) is 14.9. The Bertz CT molecular complexity index is 831. The van der Waals surface area contributed by atoms with Gasteiger partial charge in [0.25, 0.3) is 0 Å². The molecular formula is C20H21ClFN3O2. The van der Waals surface area contributed by atoms with Gasteiger partial charge in [-0.1, -0.05) is 41.9 Å². The summed E-state index contributed by atoms with van der Waals surface area (Å²) in [5, 5.41) is 5.25. The van der Waals surface area contributed by atoms with Gasteiger partial charge in [0.2, 0.25) is 0 Å². The van der Waals surface area contributed by atoms with E-state index in [0.717, 1.165) is 19.0 Å². The van der Waals surface area contributed by atoms with Gasteiger partial charge in [-0.2, -0.15) is 0 Å². The first-order valence-electron chi connectivity index (χ1n) is 8.80. The van der Waals surface area contributed by atoms with Crippen LogP contribution < -0.4 is 10.6 Å². The van der Waals surface area contributed by atoms with Gasteiger partial charge in [0.15, 0.2) is 0 Å². The fourth-order valence-electron chi connectivity index (χ4n) is 3.22. The van der Waals surface area contributed by atoms with Crippen LogP contribution in [0.4, 0.5) is 10.1 Å². The van der Waals surface area contributed by atoms with Gasteiger partial charge in [-0.05, 0) is 37.1 Å². The molecule has 5 nitrogen and oxygen atoms in total. The van der Waals surface area contributed by atoms with Crippen LogP contribution in [0.1, 0.15) is 24.9 Å². The normalized spacial score (nSPS) is 18.1. The zero-order valence-corrected chi connectivity index (χ0v) is 15.7. The first-order valence-corrected chi connectivity index (χ1v) is 9.17. The average Bonchev–Trinajstić information content (AvgIpc) is 3.13. The van der Waals surface area contributed by atoms with E-state index in [1.54, 1.807) is 0 Å². The van der Waals surface area contributed by atoms with Crippen LogP contribution in [0.25, 0.3) is 0 Å². The van der Waals surface area contributed by atoms with Gasteiger partial charge < -0.3 is 10.6 Å². The molecular weight excluding hydrogens is 369 g/mol. The summed E-state index contributed by atoms with van der Waals surface area (Å²) in [4.78, 5) is 26.5. The van der Waals surface area contributed by atoms with Crippen LogP contribution in [0.3, 0.4) is 0 Å². The Hall–Kier alpha value is -2.44. The van der Waals surface area contributed by atoms with Gasteiger partial charge in [0, 0.05) is 30.2 Å². The minimum Gasteiger partial charge on any atom is -0.344 e. The van der Waals surface area contributed by atoms with Crippen molar-refractivity contribution in [1.82, 2.24) is 10.2 Å². The molecule has 2 atom stereocenters. The van der Waals surface area contributed by atoms with Crippen LogP contribution in [-0.4, -0.2) is 35.8 Å². The molecule has 3 rings (SSSR count). The highest BCUT2D eigenvalue weighted by molar-refractivity contribution is 6.40. The highest BCUT2D eigenvalue weighted by Crippen LogP contribution is 2.24. The summed E-state index contributed by atoms with van der Waals surface area (Å²) in [5.74, 6) is -2.34. The summed E-state index contributed by atoms with van der Waals surface area (Å²) in [6.45, 7) is 3.60. The lowest BCUT2D eigenvalue weighted by Gasteiger charge is -2.24. The van der Waals surface area contributed by atoms with E-state index < -0.39 is 17.6 Å². The number of amides is 2. The van der Waals surface area contributed by atoms with Crippen molar-refractivity contribution in [1.29, 1.82) is 0 Å². The number of hydrogen-bond donors (Lipinski definition) is 2. The van der Waals surface area contributed by atoms with Crippen LogP contribution in [0.5, 0.6) is 0 Å². The van der Waals surface area contributed by atoms with Gasteiger partial charge in [0.05, 0.1) is 5.69 Å². The first-order chi connectivity index (χ1) is 12.9. The summed E-state index contributed by atoms with van der Waals surface area (Å²) in [6, 6.07) is 14.0. The van der Waals surface area contributed by atoms with Gasteiger partial charge in [-0.25, -0.2) is 4.39 Å². The van der Waals surface area contributed by atoms with E-state index in [-0.39, 0.29) is 22.8 Å². The van der Waals surface area contributed by atoms with E-state index in [4.69, 9.17) is 11.6 Å². The summed E-state index contributed by atoms with van der Waals surface area (Å²) < 4.78 is 13.7. The molecule has 0 radical (unpaired) electrons. The minimum atomic E-state index is -0.911. The molecule has 7 heteroatoms. The van der Waals surface area contributed by atoms with Gasteiger partial charge in [-0.15, -0.1) is 0 Å². The molecule has 0 spiro atoms. The number of carbonyl (C=O) groups excluding carboxylic acids is 2. The third-order valence-electron chi connectivity index (χ3n) is 4.77. The predicted molar refractivity (Wildman–Crippen MR) is 103 cm³/mol. The van der Waals surface area contributed by atoms with Crippen molar-refractivity contribution in [2.24, 2.45) is 0 Å². The molecule has 0 saturated carbocycles. The van der Waals surface area contributed by atoms with Crippen LogP contribution in [-0.2, 0) is 9.59 Å². The molecule has 1 fully saturated rings. The van der Waals surface area contributed by atoms with E-state index in [1.165, 1.54) is 17.7 Å². The molecule has 1 heterocycles. The Labute approximate surface area is 162 Å². The van der Waals surface area contributed by atoms with Crippen LogP contribution in [0.15, 0.2) is 48.5 Å². The van der Waals surface area contributed by atoms with Crippen molar-refractivity contribution in [2.75, 3.05) is 18.4 Å². The first kappa shape index (κ1) is 19.3. The lowest BCUT2D eigenvalue weighted by atomic mass is 10.1. The number of hydrogen-bond acceptors (Lipinski definition) is 3. The quantitative estimate of drug-likeness (QED) is 0.788. The maximum absolute atomic E-state index is 13.7. The number of likely N-dealkylation sites (tertiary alicyclic amines) is 1. The van der Waals surface area contributed by atoms with Crippen molar-refractivity contribution < 1.29 is 14.0 Å². The third-order valence-corrected chi connectivity index (χ3v) is 5.00. The van der Waals surface area contributed by atoms with Crippen LogP contribution in [0, 0.1) is 5.82 Å². The van der Waals surface area contributed by atoms with Crippen LogP contribution in [0.2, 0.25) is 5.02 Å². The molecule has 1 aliphatic rings. The molecule has 0 aliphatic carbocycles. The molecule has 1 saturated heterocycles. The Morgan fingerprint density at radius 3 is 2.67 bits per heavy atom. The lowest BCUT2D eigenvalue weighted by Crippen LogP contribution is -2.43. The van der Waals surface area contributed by atoms with Gasteiger partial charge in [-0.3, -0.25) is 14.5 Å². The molecule has 2 amide bonds. The summed E-state index contributed by atoms with van der Waals surface area (Å²) in [5.41, 5.74) is 1.09. The summed E-state index contributed by atoms with van der Waals surface area (Å²) in [7, 11) is 0. The fourth-order valence-corrected chi connectivity index (χ4v) is 3.39. The maximum Gasteiger partial charge on any atom is 0.313 e. The summed E-state index contributed by atoms with van der Waals surface area (Å²) in [6.07, 6.45) is 0.752. The van der Waals surface area contributed by atoms with Crippen molar-refractivity contribution in [3.8, 4) is 0 Å². The van der Waals surface area contributed by atoms with E-state index in [1.807, 2.05) is 18.2 Å². The average molecular weight is 390 g/mol. The van der Waals surface area contributed by atoms with E-state index in [2.05, 4.69) is 34.6 Å². The number of anilines is 1. The van der Waals surface area contributed by atoms with E-state index in [0.29, 0.717) is 6.54 Å². The molecule has 2 aromatic rings. The molecule has 2 N–H and O–H groups in total. The molecule has 1 aliphatic heterocycles. The molecule has 0 aromatic heterocycles. The summed E-state index contributed by atoms with van der Waals surface area (Å²) >= 11 is 5.79. The number of halogens is 2.